The van der Waals surface area contributed by atoms with E-state index in [1.807, 2.05) is 45.2 Å². The normalized spacial score (nSPS) is 19.0. The summed E-state index contributed by atoms with van der Waals surface area (Å²) in [5.41, 5.74) is 1.89. The Hall–Kier alpha value is -1.60. The minimum absolute atomic E-state index is 0.00617. The van der Waals surface area contributed by atoms with Crippen molar-refractivity contribution >= 4 is 16.0 Å². The number of nitrogens with one attached hydrogen (secondary N) is 2. The molecule has 0 aliphatic carbocycles. The molecular weight excluding hydrogens is 348 g/mol. The summed E-state index contributed by atoms with van der Waals surface area (Å²) in [6.45, 7) is 8.68. The molecule has 1 unspecified atom stereocenters. The molecule has 0 saturated carbocycles. The Morgan fingerprint density at radius 2 is 1.92 bits per heavy atom. The second kappa shape index (κ2) is 9.37. The van der Waals surface area contributed by atoms with E-state index >= 15 is 0 Å². The first-order valence-corrected chi connectivity index (χ1v) is 11.0. The molecule has 0 amide bonds. The number of benzene rings is 1. The van der Waals surface area contributed by atoms with Gasteiger partial charge in [-0.1, -0.05) is 31.2 Å². The summed E-state index contributed by atoms with van der Waals surface area (Å²) in [6.07, 6.45) is 2.49. The number of likely N-dealkylation sites (tertiary alicyclic amines) is 1. The molecule has 1 atom stereocenters. The summed E-state index contributed by atoms with van der Waals surface area (Å²) in [6, 6.07) is 7.61. The Morgan fingerprint density at radius 1 is 1.27 bits per heavy atom. The van der Waals surface area contributed by atoms with Gasteiger partial charge >= 0.3 is 0 Å². The monoisotopic (exact) mass is 380 g/mol. The van der Waals surface area contributed by atoms with Crippen molar-refractivity contribution in [3.05, 3.63) is 35.4 Å². The molecule has 1 aromatic carbocycles. The molecular formula is C19H32N4O2S. The number of rotatable bonds is 6. The quantitative estimate of drug-likeness (QED) is 0.587. The molecule has 0 bridgehead atoms. The van der Waals surface area contributed by atoms with E-state index in [4.69, 9.17) is 0 Å². The first-order valence-electron chi connectivity index (χ1n) is 9.32. The Morgan fingerprint density at radius 3 is 2.50 bits per heavy atom. The number of nitrogens with zero attached hydrogens (tertiary/aromatic N) is 2. The van der Waals surface area contributed by atoms with E-state index in [-0.39, 0.29) is 11.8 Å². The van der Waals surface area contributed by atoms with Crippen LogP contribution in [0.4, 0.5) is 0 Å². The number of sulfonamides is 1. The van der Waals surface area contributed by atoms with Gasteiger partial charge in [-0.25, -0.2) is 13.1 Å². The van der Waals surface area contributed by atoms with Crippen LogP contribution in [-0.4, -0.2) is 45.5 Å². The van der Waals surface area contributed by atoms with Gasteiger partial charge in [-0.3, -0.25) is 4.99 Å². The Kier molecular flexibility index (Phi) is 7.46. The van der Waals surface area contributed by atoms with Crippen molar-refractivity contribution in [1.82, 2.24) is 14.9 Å². The van der Waals surface area contributed by atoms with Gasteiger partial charge in [0.25, 0.3) is 0 Å². The van der Waals surface area contributed by atoms with E-state index in [0.717, 1.165) is 30.2 Å². The average Bonchev–Trinajstić information content (AvgIpc) is 2.55. The highest BCUT2D eigenvalue weighted by atomic mass is 32.2. The van der Waals surface area contributed by atoms with Crippen molar-refractivity contribution in [2.45, 2.75) is 52.0 Å². The summed E-state index contributed by atoms with van der Waals surface area (Å²) in [7, 11) is -1.47. The lowest BCUT2D eigenvalue weighted by atomic mass is 10.0. The van der Waals surface area contributed by atoms with Crippen molar-refractivity contribution in [2.24, 2.45) is 10.9 Å². The zero-order valence-electron chi connectivity index (χ0n) is 16.3. The molecule has 146 valence electrons. The van der Waals surface area contributed by atoms with Crippen LogP contribution in [0.1, 0.15) is 44.7 Å². The molecule has 1 saturated heterocycles. The lowest BCUT2D eigenvalue weighted by molar-refractivity contribution is 0.266. The minimum Gasteiger partial charge on any atom is -0.352 e. The third kappa shape index (κ3) is 6.61. The van der Waals surface area contributed by atoms with Crippen LogP contribution in [0.3, 0.4) is 0 Å². The number of guanidine groups is 1. The molecule has 0 radical (unpaired) electrons. The Labute approximate surface area is 158 Å². The number of hydrogen-bond acceptors (Lipinski definition) is 3. The van der Waals surface area contributed by atoms with Gasteiger partial charge in [0, 0.05) is 32.7 Å². The van der Waals surface area contributed by atoms with Crippen LogP contribution in [-0.2, 0) is 22.3 Å². The van der Waals surface area contributed by atoms with Gasteiger partial charge in [0.1, 0.15) is 0 Å². The van der Waals surface area contributed by atoms with Gasteiger partial charge in [-0.15, -0.1) is 0 Å². The Balaban J connectivity index is 1.90. The molecule has 26 heavy (non-hydrogen) atoms. The van der Waals surface area contributed by atoms with Gasteiger partial charge < -0.3 is 10.2 Å². The molecule has 6 nitrogen and oxygen atoms in total. The van der Waals surface area contributed by atoms with Gasteiger partial charge in [-0.2, -0.15) is 0 Å². The first-order chi connectivity index (χ1) is 12.3. The molecule has 1 aromatic rings. The number of hydrogen-bond donors (Lipinski definition) is 2. The molecule has 1 fully saturated rings. The summed E-state index contributed by atoms with van der Waals surface area (Å²) in [4.78, 5) is 6.71. The van der Waals surface area contributed by atoms with Crippen LogP contribution in [0.2, 0.25) is 0 Å². The predicted molar refractivity (Wildman–Crippen MR) is 108 cm³/mol. The lowest BCUT2D eigenvalue weighted by Gasteiger charge is -2.33. The van der Waals surface area contributed by atoms with Crippen LogP contribution in [0, 0.1) is 5.92 Å². The highest BCUT2D eigenvalue weighted by Crippen LogP contribution is 2.15. The predicted octanol–water partition coefficient (Wildman–Crippen LogP) is 2.32. The van der Waals surface area contributed by atoms with E-state index in [0.29, 0.717) is 12.5 Å². The molecule has 2 rings (SSSR count). The molecule has 1 aliphatic heterocycles. The highest BCUT2D eigenvalue weighted by Gasteiger charge is 2.19. The molecule has 1 aliphatic rings. The maximum atomic E-state index is 12.0. The van der Waals surface area contributed by atoms with Gasteiger partial charge in [0.15, 0.2) is 5.96 Å². The molecule has 1 heterocycles. The maximum absolute atomic E-state index is 12.0. The van der Waals surface area contributed by atoms with Crippen LogP contribution in [0.5, 0.6) is 0 Å². The highest BCUT2D eigenvalue weighted by molar-refractivity contribution is 7.88. The third-order valence-electron chi connectivity index (χ3n) is 4.41. The van der Waals surface area contributed by atoms with Crippen LogP contribution < -0.4 is 10.0 Å². The summed E-state index contributed by atoms with van der Waals surface area (Å²) >= 11 is 0. The minimum atomic E-state index is -3.29. The van der Waals surface area contributed by atoms with E-state index in [1.165, 1.54) is 12.8 Å². The number of piperidine rings is 1. The van der Waals surface area contributed by atoms with Crippen molar-refractivity contribution in [2.75, 3.05) is 20.1 Å². The second-order valence-corrected chi connectivity index (χ2v) is 9.20. The smallest absolute Gasteiger partial charge is 0.216 e. The molecule has 2 N–H and O–H groups in total. The number of aliphatic imine (C=N–C) groups is 1. The maximum Gasteiger partial charge on any atom is 0.216 e. The SMILES string of the molecule is CN=C(NCc1ccc(CS(=O)(=O)NC(C)C)cc1)N1CCCC(C)C1. The summed E-state index contributed by atoms with van der Waals surface area (Å²) in [5.74, 6) is 1.64. The van der Waals surface area contributed by atoms with Crippen molar-refractivity contribution in [1.29, 1.82) is 0 Å². The zero-order valence-corrected chi connectivity index (χ0v) is 17.1. The molecule has 7 heteroatoms. The third-order valence-corrected chi connectivity index (χ3v) is 5.96. The van der Waals surface area contributed by atoms with E-state index in [1.54, 1.807) is 0 Å². The van der Waals surface area contributed by atoms with Crippen molar-refractivity contribution in [3.63, 3.8) is 0 Å². The topological polar surface area (TPSA) is 73.8 Å². The van der Waals surface area contributed by atoms with Crippen LogP contribution in [0.25, 0.3) is 0 Å². The fourth-order valence-corrected chi connectivity index (χ4v) is 4.70. The van der Waals surface area contributed by atoms with Crippen LogP contribution in [0.15, 0.2) is 29.3 Å². The van der Waals surface area contributed by atoms with Crippen molar-refractivity contribution in [3.8, 4) is 0 Å². The van der Waals surface area contributed by atoms with Crippen LogP contribution >= 0.6 is 0 Å². The molecule has 0 spiro atoms. The lowest BCUT2D eigenvalue weighted by Crippen LogP contribution is -2.45. The molecule has 0 aromatic heterocycles. The first kappa shape index (κ1) is 20.7. The summed E-state index contributed by atoms with van der Waals surface area (Å²) in [5, 5.41) is 3.42. The largest absolute Gasteiger partial charge is 0.352 e. The standard InChI is InChI=1S/C19H32N4O2S/c1-15(2)22-26(24,25)14-18-9-7-17(8-10-18)12-21-19(20-4)23-11-5-6-16(3)13-23/h7-10,15-16,22H,5-6,11-14H2,1-4H3,(H,20,21). The second-order valence-electron chi connectivity index (χ2n) is 7.44. The summed E-state index contributed by atoms with van der Waals surface area (Å²) < 4.78 is 26.6. The van der Waals surface area contributed by atoms with E-state index in [9.17, 15) is 8.42 Å². The average molecular weight is 381 g/mol. The fourth-order valence-electron chi connectivity index (χ4n) is 3.27. The van der Waals surface area contributed by atoms with Gasteiger partial charge in [0.2, 0.25) is 10.0 Å². The van der Waals surface area contributed by atoms with Crippen molar-refractivity contribution < 1.29 is 8.42 Å². The van der Waals surface area contributed by atoms with Gasteiger partial charge in [0.05, 0.1) is 5.75 Å². The fraction of sp³-hybridized carbons (Fsp3) is 0.632. The van der Waals surface area contributed by atoms with E-state index in [2.05, 4.69) is 26.9 Å². The van der Waals surface area contributed by atoms with E-state index < -0.39 is 10.0 Å². The Bertz CT molecular complexity index is 699. The zero-order chi connectivity index (χ0) is 19.2. The van der Waals surface area contributed by atoms with Gasteiger partial charge in [-0.05, 0) is 43.7 Å².